The largest absolute Gasteiger partial charge is 0.339 e. The molecule has 4 rings (SSSR count). The zero-order chi connectivity index (χ0) is 19.8. The minimum absolute atomic E-state index is 0.0202. The Morgan fingerprint density at radius 1 is 0.821 bits per heavy atom. The second-order valence-corrected chi connectivity index (χ2v) is 7.22. The van der Waals surface area contributed by atoms with E-state index in [0.29, 0.717) is 38.2 Å². The lowest BCUT2D eigenvalue weighted by molar-refractivity contribution is -0.134. The highest BCUT2D eigenvalue weighted by molar-refractivity contribution is 5.94. The van der Waals surface area contributed by atoms with Crippen molar-refractivity contribution < 1.29 is 22.8 Å². The summed E-state index contributed by atoms with van der Waals surface area (Å²) in [6.07, 6.45) is 0.633. The summed E-state index contributed by atoms with van der Waals surface area (Å²) in [5.74, 6) is -3.06. The first-order valence-corrected chi connectivity index (χ1v) is 9.23. The predicted octanol–water partition coefficient (Wildman–Crippen LogP) is 3.19. The maximum atomic E-state index is 13.9. The average Bonchev–Trinajstić information content (AvgIpc) is 3.50. The van der Waals surface area contributed by atoms with Crippen LogP contribution in [0.5, 0.6) is 0 Å². The molecule has 2 unspecified atom stereocenters. The molecule has 4 nitrogen and oxygen atoms in total. The van der Waals surface area contributed by atoms with Crippen LogP contribution < -0.4 is 0 Å². The highest BCUT2D eigenvalue weighted by Crippen LogP contribution is 2.49. The van der Waals surface area contributed by atoms with Crippen LogP contribution in [0.1, 0.15) is 28.3 Å². The lowest BCUT2D eigenvalue weighted by Crippen LogP contribution is -2.51. The summed E-state index contributed by atoms with van der Waals surface area (Å²) in [5, 5.41) is 0. The van der Waals surface area contributed by atoms with Crippen molar-refractivity contribution in [3.63, 3.8) is 0 Å². The first kappa shape index (κ1) is 18.5. The Bertz CT molecular complexity index is 926. The second kappa shape index (κ2) is 7.30. The van der Waals surface area contributed by atoms with E-state index < -0.39 is 11.6 Å². The molecule has 1 heterocycles. The van der Waals surface area contributed by atoms with Gasteiger partial charge in [-0.15, -0.1) is 0 Å². The molecule has 2 fully saturated rings. The number of carbonyl (C=O) groups excluding carboxylic acids is 2. The molecule has 1 saturated carbocycles. The van der Waals surface area contributed by atoms with E-state index >= 15 is 0 Å². The van der Waals surface area contributed by atoms with E-state index in [2.05, 4.69) is 0 Å². The second-order valence-electron chi connectivity index (χ2n) is 7.22. The lowest BCUT2D eigenvalue weighted by Gasteiger charge is -2.35. The molecule has 2 amide bonds. The summed E-state index contributed by atoms with van der Waals surface area (Å²) in [7, 11) is 0. The van der Waals surface area contributed by atoms with Gasteiger partial charge in [0.1, 0.15) is 5.82 Å². The molecule has 1 aliphatic heterocycles. The van der Waals surface area contributed by atoms with Crippen LogP contribution in [-0.4, -0.2) is 47.8 Å². The van der Waals surface area contributed by atoms with Gasteiger partial charge in [0.15, 0.2) is 11.6 Å². The van der Waals surface area contributed by atoms with E-state index in [-0.39, 0.29) is 35.0 Å². The van der Waals surface area contributed by atoms with Gasteiger partial charge in [-0.2, -0.15) is 0 Å². The summed E-state index contributed by atoms with van der Waals surface area (Å²) in [6.45, 7) is 1.38. The van der Waals surface area contributed by atoms with Crippen LogP contribution >= 0.6 is 0 Å². The minimum atomic E-state index is -1.06. The van der Waals surface area contributed by atoms with Crippen molar-refractivity contribution in [3.05, 3.63) is 71.0 Å². The van der Waals surface area contributed by atoms with Crippen molar-refractivity contribution in [1.29, 1.82) is 0 Å². The smallest absolute Gasteiger partial charge is 0.254 e. The van der Waals surface area contributed by atoms with Crippen LogP contribution in [0, 0.1) is 23.4 Å². The van der Waals surface area contributed by atoms with Gasteiger partial charge in [0.25, 0.3) is 5.91 Å². The number of carbonyl (C=O) groups is 2. The fraction of sp³-hybridized carbons (Fsp3) is 0.333. The maximum Gasteiger partial charge on any atom is 0.254 e. The van der Waals surface area contributed by atoms with Crippen LogP contribution in [0.2, 0.25) is 0 Å². The lowest BCUT2D eigenvalue weighted by atomic mass is 10.1. The van der Waals surface area contributed by atoms with Gasteiger partial charge in [-0.25, -0.2) is 13.2 Å². The molecule has 0 N–H and O–H groups in total. The molecular formula is C21H19F3N2O2. The number of nitrogens with zero attached hydrogens (tertiary/aromatic N) is 2. The number of benzene rings is 2. The van der Waals surface area contributed by atoms with E-state index in [0.717, 1.165) is 12.1 Å². The van der Waals surface area contributed by atoms with Crippen molar-refractivity contribution in [3.8, 4) is 0 Å². The fourth-order valence-electron chi connectivity index (χ4n) is 3.76. The third kappa shape index (κ3) is 3.48. The molecular weight excluding hydrogens is 369 g/mol. The maximum absolute atomic E-state index is 13.9. The minimum Gasteiger partial charge on any atom is -0.339 e. The van der Waals surface area contributed by atoms with Crippen molar-refractivity contribution in [2.75, 3.05) is 26.2 Å². The molecule has 146 valence electrons. The Balaban J connectivity index is 1.34. The molecule has 7 heteroatoms. The van der Waals surface area contributed by atoms with E-state index in [4.69, 9.17) is 0 Å². The summed E-state index contributed by atoms with van der Waals surface area (Å²) in [6, 6.07) is 9.57. The first-order chi connectivity index (χ1) is 13.5. The standard InChI is InChI=1S/C21H19F3N2O2/c22-17-4-2-1-3-14(17)15-12-16(15)21(28)26-9-7-25(8-10-26)20(27)13-5-6-18(23)19(24)11-13/h1-6,11,15-16H,7-10,12H2. The number of halogens is 3. The van der Waals surface area contributed by atoms with Crippen LogP contribution in [0.25, 0.3) is 0 Å². The number of hydrogen-bond acceptors (Lipinski definition) is 2. The molecule has 2 aromatic carbocycles. The van der Waals surface area contributed by atoms with E-state index in [1.807, 2.05) is 0 Å². The normalized spacial score (nSPS) is 21.5. The molecule has 0 aromatic heterocycles. The Hall–Kier alpha value is -2.83. The quantitative estimate of drug-likeness (QED) is 0.810. The monoisotopic (exact) mass is 388 g/mol. The van der Waals surface area contributed by atoms with Crippen molar-refractivity contribution in [1.82, 2.24) is 9.80 Å². The Morgan fingerprint density at radius 3 is 2.18 bits per heavy atom. The first-order valence-electron chi connectivity index (χ1n) is 9.23. The highest BCUT2D eigenvalue weighted by atomic mass is 19.2. The van der Waals surface area contributed by atoms with Gasteiger partial charge in [-0.1, -0.05) is 18.2 Å². The van der Waals surface area contributed by atoms with Crippen LogP contribution in [0.4, 0.5) is 13.2 Å². The van der Waals surface area contributed by atoms with Gasteiger partial charge in [-0.3, -0.25) is 9.59 Å². The van der Waals surface area contributed by atoms with Gasteiger partial charge in [-0.05, 0) is 42.2 Å². The number of rotatable bonds is 3. The van der Waals surface area contributed by atoms with Gasteiger partial charge in [0, 0.05) is 37.7 Å². The van der Waals surface area contributed by atoms with Crippen molar-refractivity contribution in [2.24, 2.45) is 5.92 Å². The number of amides is 2. The molecule has 0 radical (unpaired) electrons. The third-order valence-corrected chi connectivity index (χ3v) is 5.46. The highest BCUT2D eigenvalue weighted by Gasteiger charge is 2.47. The molecule has 1 aliphatic carbocycles. The zero-order valence-electron chi connectivity index (χ0n) is 15.1. The SMILES string of the molecule is O=C(c1ccc(F)c(F)c1)N1CCN(C(=O)C2CC2c2ccccc2F)CC1. The van der Waals surface area contributed by atoms with E-state index in [9.17, 15) is 22.8 Å². The number of piperazine rings is 1. The Kier molecular flexibility index (Phi) is 4.83. The van der Waals surface area contributed by atoms with Crippen molar-refractivity contribution in [2.45, 2.75) is 12.3 Å². The number of hydrogen-bond donors (Lipinski definition) is 0. The Labute approximate surface area is 160 Å². The van der Waals surface area contributed by atoms with Gasteiger partial charge in [0.05, 0.1) is 0 Å². The predicted molar refractivity (Wildman–Crippen MR) is 96.1 cm³/mol. The summed E-state index contributed by atoms with van der Waals surface area (Å²) in [4.78, 5) is 28.4. The van der Waals surface area contributed by atoms with Gasteiger partial charge >= 0.3 is 0 Å². The average molecular weight is 388 g/mol. The molecule has 1 saturated heterocycles. The topological polar surface area (TPSA) is 40.6 Å². The zero-order valence-corrected chi connectivity index (χ0v) is 15.1. The van der Waals surface area contributed by atoms with E-state index in [1.54, 1.807) is 23.1 Å². The van der Waals surface area contributed by atoms with E-state index in [1.165, 1.54) is 17.0 Å². The summed E-state index contributed by atoms with van der Waals surface area (Å²) < 4.78 is 40.3. The summed E-state index contributed by atoms with van der Waals surface area (Å²) in [5.41, 5.74) is 0.661. The third-order valence-electron chi connectivity index (χ3n) is 5.46. The molecule has 2 atom stereocenters. The van der Waals surface area contributed by atoms with Crippen LogP contribution in [0.3, 0.4) is 0 Å². The van der Waals surface area contributed by atoms with Gasteiger partial charge < -0.3 is 9.80 Å². The van der Waals surface area contributed by atoms with Crippen molar-refractivity contribution >= 4 is 11.8 Å². The molecule has 0 spiro atoms. The fourth-order valence-corrected chi connectivity index (χ4v) is 3.76. The van der Waals surface area contributed by atoms with Crippen LogP contribution in [-0.2, 0) is 4.79 Å². The van der Waals surface area contributed by atoms with Gasteiger partial charge in [0.2, 0.25) is 5.91 Å². The molecule has 0 bridgehead atoms. The Morgan fingerprint density at radius 2 is 1.50 bits per heavy atom. The summed E-state index contributed by atoms with van der Waals surface area (Å²) >= 11 is 0. The molecule has 28 heavy (non-hydrogen) atoms. The molecule has 2 aromatic rings. The molecule has 2 aliphatic rings. The van der Waals surface area contributed by atoms with Crippen LogP contribution in [0.15, 0.2) is 42.5 Å².